The molecule has 1 aromatic heterocycles. The maximum Gasteiger partial charge on any atom is 0.338 e. The van der Waals surface area contributed by atoms with Crippen molar-refractivity contribution in [2.45, 2.75) is 19.6 Å². The van der Waals surface area contributed by atoms with E-state index in [4.69, 9.17) is 19.2 Å². The second kappa shape index (κ2) is 13.7. The summed E-state index contributed by atoms with van der Waals surface area (Å²) in [7, 11) is 1.56. The summed E-state index contributed by atoms with van der Waals surface area (Å²) in [6, 6.07) is 29.2. The second-order valence-corrected chi connectivity index (χ2v) is 11.5. The highest BCUT2D eigenvalue weighted by molar-refractivity contribution is 7.07. The minimum Gasteiger partial charge on any atom is -0.497 e. The fourth-order valence-corrected chi connectivity index (χ4v) is 6.31. The number of esters is 1. The highest BCUT2D eigenvalue weighted by atomic mass is 32.1. The van der Waals surface area contributed by atoms with E-state index < -0.39 is 16.9 Å². The van der Waals surface area contributed by atoms with E-state index in [-0.39, 0.29) is 30.0 Å². The van der Waals surface area contributed by atoms with Crippen LogP contribution >= 0.6 is 11.3 Å². The van der Waals surface area contributed by atoms with Gasteiger partial charge < -0.3 is 14.2 Å². The molecule has 0 N–H and O–H groups in total. The van der Waals surface area contributed by atoms with Crippen molar-refractivity contribution in [2.75, 3.05) is 13.7 Å². The number of hydrogen-bond acceptors (Lipinski definition) is 9. The van der Waals surface area contributed by atoms with Crippen molar-refractivity contribution < 1.29 is 23.9 Å². The van der Waals surface area contributed by atoms with E-state index in [1.807, 2.05) is 60.7 Å². The first kappa shape index (κ1) is 31.2. The zero-order valence-electron chi connectivity index (χ0n) is 25.5. The van der Waals surface area contributed by atoms with E-state index >= 15 is 0 Å². The SMILES string of the molecule is CCOC(=O)C1=C(c2ccccc2)N=c2s/c(=C/c3ccccc3OCc3ccc([N+](=O)[O-])cc3)c(=O)n2[C@@H]1c1cccc(OC)c1. The molecule has 0 fully saturated rings. The molecule has 47 heavy (non-hydrogen) atoms. The third-order valence-electron chi connectivity index (χ3n) is 7.53. The Morgan fingerprint density at radius 3 is 2.47 bits per heavy atom. The summed E-state index contributed by atoms with van der Waals surface area (Å²) in [5.41, 5.74) is 3.13. The van der Waals surface area contributed by atoms with Crippen LogP contribution in [0, 0.1) is 10.1 Å². The van der Waals surface area contributed by atoms with E-state index in [0.29, 0.717) is 43.2 Å². The van der Waals surface area contributed by atoms with Crippen LogP contribution < -0.4 is 24.4 Å². The van der Waals surface area contributed by atoms with Crippen LogP contribution in [0.4, 0.5) is 5.69 Å². The molecule has 10 nitrogen and oxygen atoms in total. The molecule has 236 valence electrons. The molecule has 0 radical (unpaired) electrons. The number of benzene rings is 4. The molecule has 5 aromatic rings. The molecule has 0 saturated heterocycles. The molecule has 0 aliphatic carbocycles. The topological polar surface area (TPSA) is 122 Å². The van der Waals surface area contributed by atoms with Gasteiger partial charge >= 0.3 is 5.97 Å². The van der Waals surface area contributed by atoms with Crippen LogP contribution in [0.3, 0.4) is 0 Å². The Hall–Kier alpha value is -5.81. The Kier molecular flexibility index (Phi) is 9.07. The summed E-state index contributed by atoms with van der Waals surface area (Å²) in [6.45, 7) is 2.05. The summed E-state index contributed by atoms with van der Waals surface area (Å²) in [5, 5.41) is 11.0. The number of non-ortho nitro benzene ring substituents is 1. The Morgan fingerprint density at radius 2 is 1.74 bits per heavy atom. The van der Waals surface area contributed by atoms with Gasteiger partial charge in [0.1, 0.15) is 18.1 Å². The van der Waals surface area contributed by atoms with E-state index in [2.05, 4.69) is 0 Å². The van der Waals surface area contributed by atoms with E-state index in [1.54, 1.807) is 50.4 Å². The highest BCUT2D eigenvalue weighted by Crippen LogP contribution is 2.36. The molecule has 1 atom stereocenters. The molecule has 1 aliphatic heterocycles. The van der Waals surface area contributed by atoms with Crippen LogP contribution in [0.1, 0.15) is 35.2 Å². The summed E-state index contributed by atoms with van der Waals surface area (Å²) < 4.78 is 19.0. The van der Waals surface area contributed by atoms with Crippen molar-refractivity contribution in [1.82, 2.24) is 4.57 Å². The average Bonchev–Trinajstić information content (AvgIpc) is 3.41. The van der Waals surface area contributed by atoms with Gasteiger partial charge in [-0.1, -0.05) is 72.0 Å². The number of aromatic nitrogens is 1. The number of nitro groups is 1. The summed E-state index contributed by atoms with van der Waals surface area (Å²) in [4.78, 5) is 43.8. The number of fused-ring (bicyclic) bond motifs is 1. The average molecular weight is 648 g/mol. The largest absolute Gasteiger partial charge is 0.497 e. The van der Waals surface area contributed by atoms with Crippen molar-refractivity contribution >= 4 is 34.8 Å². The number of hydrogen-bond donors (Lipinski definition) is 0. The molecule has 0 bridgehead atoms. The lowest BCUT2D eigenvalue weighted by molar-refractivity contribution is -0.384. The number of para-hydroxylation sites is 1. The zero-order valence-corrected chi connectivity index (χ0v) is 26.3. The van der Waals surface area contributed by atoms with Crippen LogP contribution in [0.2, 0.25) is 0 Å². The zero-order chi connectivity index (χ0) is 32.9. The summed E-state index contributed by atoms with van der Waals surface area (Å²) >= 11 is 1.21. The minimum atomic E-state index is -0.841. The Morgan fingerprint density at radius 1 is 1.00 bits per heavy atom. The summed E-state index contributed by atoms with van der Waals surface area (Å²) in [6.07, 6.45) is 1.74. The fourth-order valence-electron chi connectivity index (χ4n) is 5.31. The number of thiazole rings is 1. The number of rotatable bonds is 10. The predicted molar refractivity (Wildman–Crippen MR) is 178 cm³/mol. The summed E-state index contributed by atoms with van der Waals surface area (Å²) in [5.74, 6) is 0.533. The van der Waals surface area contributed by atoms with Crippen molar-refractivity contribution in [3.8, 4) is 11.5 Å². The van der Waals surface area contributed by atoms with Crippen LogP contribution in [-0.2, 0) is 16.1 Å². The number of methoxy groups -OCH3 is 1. The van der Waals surface area contributed by atoms with Crippen molar-refractivity contribution in [2.24, 2.45) is 4.99 Å². The van der Waals surface area contributed by atoms with Gasteiger partial charge in [0.05, 0.1) is 40.5 Å². The maximum atomic E-state index is 14.3. The van der Waals surface area contributed by atoms with E-state index in [1.165, 1.54) is 28.0 Å². The van der Waals surface area contributed by atoms with Crippen LogP contribution in [0.5, 0.6) is 11.5 Å². The fraction of sp³-hybridized carbons (Fsp3) is 0.139. The predicted octanol–water partition coefficient (Wildman–Crippen LogP) is 5.43. The van der Waals surface area contributed by atoms with Crippen molar-refractivity contribution in [3.05, 3.63) is 161 Å². The lowest BCUT2D eigenvalue weighted by atomic mass is 9.93. The number of nitro benzene ring substituents is 1. The van der Waals surface area contributed by atoms with Gasteiger partial charge in [0, 0.05) is 23.3 Å². The van der Waals surface area contributed by atoms with Crippen LogP contribution in [0.25, 0.3) is 11.8 Å². The molecule has 0 spiro atoms. The molecule has 0 unspecified atom stereocenters. The van der Waals surface area contributed by atoms with Gasteiger partial charge in [-0.25, -0.2) is 9.79 Å². The second-order valence-electron chi connectivity index (χ2n) is 10.5. The lowest BCUT2D eigenvalue weighted by Crippen LogP contribution is -2.40. The van der Waals surface area contributed by atoms with E-state index in [0.717, 1.165) is 5.56 Å². The lowest BCUT2D eigenvalue weighted by Gasteiger charge is -2.26. The Bertz CT molecular complexity index is 2170. The molecular formula is C36H29N3O7S. The molecule has 0 amide bonds. The molecule has 2 heterocycles. The van der Waals surface area contributed by atoms with Gasteiger partial charge in [-0.15, -0.1) is 0 Å². The normalized spacial score (nSPS) is 14.3. The first-order valence-electron chi connectivity index (χ1n) is 14.8. The third-order valence-corrected chi connectivity index (χ3v) is 8.51. The Labute approximate surface area is 273 Å². The molecule has 1 aliphatic rings. The van der Waals surface area contributed by atoms with Crippen LogP contribution in [-0.4, -0.2) is 29.2 Å². The quantitative estimate of drug-likeness (QED) is 0.113. The van der Waals surface area contributed by atoms with Gasteiger partial charge in [0.15, 0.2) is 4.80 Å². The van der Waals surface area contributed by atoms with Gasteiger partial charge in [0.25, 0.3) is 11.2 Å². The minimum absolute atomic E-state index is 0.00156. The highest BCUT2D eigenvalue weighted by Gasteiger charge is 2.35. The van der Waals surface area contributed by atoms with Gasteiger partial charge in [-0.05, 0) is 54.5 Å². The van der Waals surface area contributed by atoms with E-state index in [9.17, 15) is 19.7 Å². The van der Waals surface area contributed by atoms with Gasteiger partial charge in [-0.2, -0.15) is 0 Å². The van der Waals surface area contributed by atoms with Gasteiger partial charge in [0.2, 0.25) is 0 Å². The van der Waals surface area contributed by atoms with Gasteiger partial charge in [-0.3, -0.25) is 19.5 Å². The number of nitrogens with zero attached hydrogens (tertiary/aromatic N) is 3. The molecule has 6 rings (SSSR count). The van der Waals surface area contributed by atoms with Crippen LogP contribution in [0.15, 0.2) is 118 Å². The third kappa shape index (κ3) is 6.47. The molecule has 4 aromatic carbocycles. The molecular weight excluding hydrogens is 618 g/mol. The van der Waals surface area contributed by atoms with Crippen molar-refractivity contribution in [1.29, 1.82) is 0 Å². The smallest absolute Gasteiger partial charge is 0.338 e. The van der Waals surface area contributed by atoms with Crippen molar-refractivity contribution in [3.63, 3.8) is 0 Å². The Balaban J connectivity index is 1.49. The number of carbonyl (C=O) groups excluding carboxylic acids is 1. The molecule has 0 saturated carbocycles. The molecule has 11 heteroatoms. The standard InChI is InChI=1S/C36H29N3O7S/c1-3-45-35(41)31-32(24-10-5-4-6-11-24)37-36-38(33(31)26-13-9-14-28(20-26)44-2)34(40)30(47-36)21-25-12-7-8-15-29(25)46-22-23-16-18-27(19-17-23)39(42)43/h4-21,33H,3,22H2,1-2H3/b30-21+/t33-/m1/s1. The first-order valence-corrected chi connectivity index (χ1v) is 15.6. The monoisotopic (exact) mass is 647 g/mol. The maximum absolute atomic E-state index is 14.3. The first-order chi connectivity index (χ1) is 22.9. The number of ether oxygens (including phenoxy) is 3. The number of carbonyl (C=O) groups is 1.